The zero-order valence-corrected chi connectivity index (χ0v) is 18.6. The van der Waals surface area contributed by atoms with Crippen LogP contribution < -0.4 is 0 Å². The summed E-state index contributed by atoms with van der Waals surface area (Å²) in [6.45, 7) is 5.58. The number of amides is 2. The molecule has 2 aliphatic rings. The number of likely N-dealkylation sites (tertiary alicyclic amines) is 1. The molecule has 2 aromatic rings. The lowest BCUT2D eigenvalue weighted by atomic mass is 9.95. The summed E-state index contributed by atoms with van der Waals surface area (Å²) in [6, 6.07) is 17.5. The Balaban J connectivity index is 1.33. The minimum Gasteiger partial charge on any atom is -0.341 e. The van der Waals surface area contributed by atoms with Gasteiger partial charge in [0.1, 0.15) is 0 Å². The van der Waals surface area contributed by atoms with Crippen LogP contribution in [-0.2, 0) is 11.3 Å². The molecule has 2 aliphatic heterocycles. The molecular weight excluding hydrogens is 410 g/mol. The van der Waals surface area contributed by atoms with E-state index in [4.69, 9.17) is 11.6 Å². The topological polar surface area (TPSA) is 43.9 Å². The third-order valence-corrected chi connectivity index (χ3v) is 6.55. The first-order chi connectivity index (χ1) is 15.1. The van der Waals surface area contributed by atoms with E-state index in [1.165, 1.54) is 5.56 Å². The van der Waals surface area contributed by atoms with E-state index in [-0.39, 0.29) is 17.7 Å². The van der Waals surface area contributed by atoms with Crippen LogP contribution in [0.1, 0.15) is 35.2 Å². The molecule has 2 fully saturated rings. The lowest BCUT2D eigenvalue weighted by Crippen LogP contribution is -2.47. The molecule has 0 bridgehead atoms. The van der Waals surface area contributed by atoms with Gasteiger partial charge in [-0.25, -0.2) is 0 Å². The maximum atomic E-state index is 13.3. The van der Waals surface area contributed by atoms with Gasteiger partial charge in [0.15, 0.2) is 0 Å². The van der Waals surface area contributed by atoms with Crippen molar-refractivity contribution >= 4 is 23.4 Å². The lowest BCUT2D eigenvalue weighted by Gasteiger charge is -2.35. The first kappa shape index (κ1) is 21.8. The third-order valence-electron chi connectivity index (χ3n) is 6.30. The highest BCUT2D eigenvalue weighted by Gasteiger charge is 2.32. The monoisotopic (exact) mass is 439 g/mol. The maximum Gasteiger partial charge on any atom is 0.253 e. The zero-order valence-electron chi connectivity index (χ0n) is 17.9. The summed E-state index contributed by atoms with van der Waals surface area (Å²) in [6.07, 6.45) is 2.70. The van der Waals surface area contributed by atoms with Crippen molar-refractivity contribution < 1.29 is 9.59 Å². The first-order valence-electron chi connectivity index (χ1n) is 11.2. The van der Waals surface area contributed by atoms with Crippen LogP contribution in [0.25, 0.3) is 0 Å². The molecule has 0 spiro atoms. The molecule has 0 saturated carbocycles. The maximum absolute atomic E-state index is 13.3. The van der Waals surface area contributed by atoms with E-state index in [0.717, 1.165) is 52.0 Å². The number of benzene rings is 2. The van der Waals surface area contributed by atoms with Crippen LogP contribution in [0.3, 0.4) is 0 Å². The van der Waals surface area contributed by atoms with Gasteiger partial charge in [0, 0.05) is 56.4 Å². The van der Waals surface area contributed by atoms with E-state index >= 15 is 0 Å². The fourth-order valence-corrected chi connectivity index (χ4v) is 4.71. The summed E-state index contributed by atoms with van der Waals surface area (Å²) in [5, 5.41) is 0.616. The highest BCUT2D eigenvalue weighted by molar-refractivity contribution is 6.30. The van der Waals surface area contributed by atoms with Gasteiger partial charge in [-0.2, -0.15) is 0 Å². The molecule has 2 heterocycles. The third kappa shape index (κ3) is 5.66. The summed E-state index contributed by atoms with van der Waals surface area (Å²) in [5.74, 6) is 0.0833. The number of nitrogens with zero attached hydrogens (tertiary/aromatic N) is 3. The van der Waals surface area contributed by atoms with Crippen molar-refractivity contribution in [3.05, 3.63) is 70.7 Å². The zero-order chi connectivity index (χ0) is 21.6. The van der Waals surface area contributed by atoms with E-state index in [2.05, 4.69) is 29.2 Å². The molecule has 0 aliphatic carbocycles. The van der Waals surface area contributed by atoms with E-state index in [1.54, 1.807) is 24.3 Å². The molecular formula is C25H30ClN3O2. The molecule has 0 unspecified atom stereocenters. The Morgan fingerprint density at radius 1 is 0.839 bits per heavy atom. The normalized spacial score (nSPS) is 20.4. The number of hydrogen-bond acceptors (Lipinski definition) is 3. The molecule has 0 radical (unpaired) electrons. The Bertz CT molecular complexity index is 887. The van der Waals surface area contributed by atoms with Crippen molar-refractivity contribution in [1.29, 1.82) is 0 Å². The average molecular weight is 440 g/mol. The van der Waals surface area contributed by atoms with Crippen molar-refractivity contribution in [2.24, 2.45) is 5.92 Å². The minimum atomic E-state index is -0.106. The molecule has 2 saturated heterocycles. The predicted octanol–water partition coefficient (Wildman–Crippen LogP) is 3.93. The van der Waals surface area contributed by atoms with Gasteiger partial charge >= 0.3 is 0 Å². The Labute approximate surface area is 189 Å². The summed E-state index contributed by atoms with van der Waals surface area (Å²) < 4.78 is 0. The van der Waals surface area contributed by atoms with Crippen LogP contribution in [-0.4, -0.2) is 65.8 Å². The Morgan fingerprint density at radius 2 is 1.58 bits per heavy atom. The number of carbonyl (C=O) groups excluding carboxylic acids is 2. The first-order valence-corrected chi connectivity index (χ1v) is 11.6. The summed E-state index contributed by atoms with van der Waals surface area (Å²) in [4.78, 5) is 32.4. The van der Waals surface area contributed by atoms with Gasteiger partial charge in [0.25, 0.3) is 5.91 Å². The summed E-state index contributed by atoms with van der Waals surface area (Å²) in [7, 11) is 0. The van der Waals surface area contributed by atoms with Crippen LogP contribution in [0.15, 0.2) is 54.6 Å². The van der Waals surface area contributed by atoms with E-state index in [0.29, 0.717) is 23.7 Å². The largest absolute Gasteiger partial charge is 0.341 e. The number of piperidine rings is 1. The second-order valence-electron chi connectivity index (χ2n) is 8.54. The van der Waals surface area contributed by atoms with Crippen molar-refractivity contribution in [3.63, 3.8) is 0 Å². The molecule has 2 aromatic carbocycles. The smallest absolute Gasteiger partial charge is 0.253 e. The van der Waals surface area contributed by atoms with E-state index in [1.807, 2.05) is 15.9 Å². The summed E-state index contributed by atoms with van der Waals surface area (Å²) in [5.41, 5.74) is 1.94. The van der Waals surface area contributed by atoms with Gasteiger partial charge in [-0.1, -0.05) is 41.9 Å². The molecule has 5 nitrogen and oxygen atoms in total. The summed E-state index contributed by atoms with van der Waals surface area (Å²) >= 11 is 5.94. The fraction of sp³-hybridized carbons (Fsp3) is 0.440. The van der Waals surface area contributed by atoms with Crippen LogP contribution in [0, 0.1) is 5.92 Å². The van der Waals surface area contributed by atoms with Crippen LogP contribution in [0.5, 0.6) is 0 Å². The van der Waals surface area contributed by atoms with Gasteiger partial charge < -0.3 is 9.80 Å². The highest BCUT2D eigenvalue weighted by Crippen LogP contribution is 2.22. The van der Waals surface area contributed by atoms with Gasteiger partial charge in [0.05, 0.1) is 5.92 Å². The van der Waals surface area contributed by atoms with Crippen molar-refractivity contribution in [2.45, 2.75) is 25.8 Å². The Kier molecular flexibility index (Phi) is 7.25. The number of rotatable bonds is 4. The molecule has 164 valence electrons. The van der Waals surface area contributed by atoms with Crippen LogP contribution >= 0.6 is 11.6 Å². The second-order valence-corrected chi connectivity index (χ2v) is 8.97. The quantitative estimate of drug-likeness (QED) is 0.725. The minimum absolute atomic E-state index is 0.0148. The van der Waals surface area contributed by atoms with E-state index in [9.17, 15) is 9.59 Å². The van der Waals surface area contributed by atoms with Crippen molar-refractivity contribution in [1.82, 2.24) is 14.7 Å². The Morgan fingerprint density at radius 3 is 2.35 bits per heavy atom. The molecule has 1 atom stereocenters. The van der Waals surface area contributed by atoms with Gasteiger partial charge in [0.2, 0.25) is 5.91 Å². The molecule has 31 heavy (non-hydrogen) atoms. The Hall–Kier alpha value is -2.37. The van der Waals surface area contributed by atoms with Crippen LogP contribution in [0.2, 0.25) is 5.02 Å². The van der Waals surface area contributed by atoms with Crippen molar-refractivity contribution in [3.8, 4) is 0 Å². The fourth-order valence-electron chi connectivity index (χ4n) is 4.59. The van der Waals surface area contributed by atoms with Crippen molar-refractivity contribution in [2.75, 3.05) is 39.3 Å². The van der Waals surface area contributed by atoms with Gasteiger partial charge in [-0.3, -0.25) is 14.5 Å². The average Bonchev–Trinajstić information content (AvgIpc) is 3.05. The number of halogens is 1. The van der Waals surface area contributed by atoms with Gasteiger partial charge in [-0.15, -0.1) is 0 Å². The number of carbonyl (C=O) groups is 2. The molecule has 0 N–H and O–H groups in total. The SMILES string of the molecule is O=C(c1ccc(Cl)cc1)N1CCC[C@@H](C(=O)N2CCCN(Cc3ccccc3)CC2)C1. The van der Waals surface area contributed by atoms with Crippen LogP contribution in [0.4, 0.5) is 0 Å². The molecule has 6 heteroatoms. The second kappa shape index (κ2) is 10.3. The highest BCUT2D eigenvalue weighted by atomic mass is 35.5. The molecule has 2 amide bonds. The predicted molar refractivity (Wildman–Crippen MR) is 123 cm³/mol. The van der Waals surface area contributed by atoms with E-state index < -0.39 is 0 Å². The van der Waals surface area contributed by atoms with Gasteiger partial charge in [-0.05, 0) is 49.1 Å². The molecule has 0 aromatic heterocycles. The lowest BCUT2D eigenvalue weighted by molar-refractivity contribution is -0.136. The molecule has 4 rings (SSSR count). The number of hydrogen-bond donors (Lipinski definition) is 0. The standard InChI is InChI=1S/C25H30ClN3O2/c26-23-11-9-21(10-12-23)24(30)29-14-4-8-22(19-29)25(31)28-15-5-13-27(16-17-28)18-20-6-2-1-3-7-20/h1-3,6-7,9-12,22H,4-5,8,13-19H2/t22-/m1/s1.